The Hall–Kier alpha value is -1.76. The van der Waals surface area contributed by atoms with E-state index in [1.165, 1.54) is 11.1 Å². The molecule has 0 bridgehead atoms. The van der Waals surface area contributed by atoms with Crippen LogP contribution in [0, 0.1) is 0 Å². The van der Waals surface area contributed by atoms with Crippen LogP contribution in [0.4, 0.5) is 0 Å². The van der Waals surface area contributed by atoms with Crippen molar-refractivity contribution >= 4 is 29.9 Å². The standard InChI is InChI=1S/C19H25N3O.HI/c1-2-20-19(22-15-17-7-4-3-5-8-17)21-14-6-9-16-10-12-18(23)13-11-16;/h3-5,7-8,10-13,23H,2,6,9,14-15H2,1H3,(H2,20,21,22);1H. The summed E-state index contributed by atoms with van der Waals surface area (Å²) >= 11 is 0. The third kappa shape index (κ3) is 7.68. The van der Waals surface area contributed by atoms with Gasteiger partial charge in [0.15, 0.2) is 5.96 Å². The molecule has 0 aliphatic carbocycles. The summed E-state index contributed by atoms with van der Waals surface area (Å²) in [7, 11) is 0. The first-order valence-electron chi connectivity index (χ1n) is 8.12. The third-order valence-electron chi connectivity index (χ3n) is 3.48. The van der Waals surface area contributed by atoms with Crippen LogP contribution in [-0.2, 0) is 13.0 Å². The highest BCUT2D eigenvalue weighted by Gasteiger charge is 1.98. The van der Waals surface area contributed by atoms with Gasteiger partial charge in [-0.2, -0.15) is 0 Å². The number of halogens is 1. The van der Waals surface area contributed by atoms with Gasteiger partial charge in [0.25, 0.3) is 0 Å². The summed E-state index contributed by atoms with van der Waals surface area (Å²) in [6.45, 7) is 4.45. The maximum Gasteiger partial charge on any atom is 0.191 e. The van der Waals surface area contributed by atoms with Gasteiger partial charge in [0.1, 0.15) is 5.75 Å². The Morgan fingerprint density at radius 3 is 2.33 bits per heavy atom. The number of nitrogens with zero attached hydrogens (tertiary/aromatic N) is 1. The molecule has 0 amide bonds. The van der Waals surface area contributed by atoms with Crippen molar-refractivity contribution in [3.8, 4) is 5.75 Å². The lowest BCUT2D eigenvalue weighted by Gasteiger charge is -2.11. The van der Waals surface area contributed by atoms with Crippen molar-refractivity contribution < 1.29 is 5.11 Å². The molecule has 5 heteroatoms. The summed E-state index contributed by atoms with van der Waals surface area (Å²) in [6, 6.07) is 17.6. The number of guanidine groups is 1. The van der Waals surface area contributed by atoms with Crippen LogP contribution in [-0.4, -0.2) is 24.2 Å². The number of rotatable bonds is 7. The molecule has 130 valence electrons. The van der Waals surface area contributed by atoms with Crippen molar-refractivity contribution in [2.45, 2.75) is 26.3 Å². The van der Waals surface area contributed by atoms with Crippen LogP contribution in [0.5, 0.6) is 5.75 Å². The Balaban J connectivity index is 0.00000288. The van der Waals surface area contributed by atoms with E-state index >= 15 is 0 Å². The number of hydrogen-bond donors (Lipinski definition) is 3. The molecule has 0 atom stereocenters. The Morgan fingerprint density at radius 2 is 1.67 bits per heavy atom. The van der Waals surface area contributed by atoms with Crippen molar-refractivity contribution in [3.63, 3.8) is 0 Å². The number of benzene rings is 2. The van der Waals surface area contributed by atoms with Gasteiger partial charge in [0, 0.05) is 13.1 Å². The molecule has 0 aliphatic rings. The fourth-order valence-electron chi connectivity index (χ4n) is 2.26. The predicted octanol–water partition coefficient (Wildman–Crippen LogP) is 3.70. The highest BCUT2D eigenvalue weighted by Crippen LogP contribution is 2.10. The molecule has 0 spiro atoms. The van der Waals surface area contributed by atoms with Crippen LogP contribution in [0.2, 0.25) is 0 Å². The van der Waals surface area contributed by atoms with Gasteiger partial charge < -0.3 is 15.7 Å². The minimum atomic E-state index is 0. The Labute approximate surface area is 161 Å². The van der Waals surface area contributed by atoms with E-state index in [-0.39, 0.29) is 24.0 Å². The van der Waals surface area contributed by atoms with Crippen LogP contribution < -0.4 is 10.6 Å². The van der Waals surface area contributed by atoms with Gasteiger partial charge in [-0.05, 0) is 43.0 Å². The van der Waals surface area contributed by atoms with E-state index in [9.17, 15) is 5.11 Å². The highest BCUT2D eigenvalue weighted by atomic mass is 127. The van der Waals surface area contributed by atoms with Crippen molar-refractivity contribution in [2.75, 3.05) is 13.1 Å². The Kier molecular flexibility index (Phi) is 9.91. The van der Waals surface area contributed by atoms with E-state index in [2.05, 4.69) is 34.7 Å². The van der Waals surface area contributed by atoms with Gasteiger partial charge in [-0.25, -0.2) is 4.99 Å². The van der Waals surface area contributed by atoms with Crippen LogP contribution in [0.25, 0.3) is 0 Å². The Morgan fingerprint density at radius 1 is 0.958 bits per heavy atom. The van der Waals surface area contributed by atoms with Crippen LogP contribution >= 0.6 is 24.0 Å². The fraction of sp³-hybridized carbons (Fsp3) is 0.316. The summed E-state index contributed by atoms with van der Waals surface area (Å²) in [5.41, 5.74) is 2.43. The first-order chi connectivity index (χ1) is 11.3. The lowest BCUT2D eigenvalue weighted by atomic mass is 10.1. The monoisotopic (exact) mass is 439 g/mol. The molecule has 0 saturated carbocycles. The highest BCUT2D eigenvalue weighted by molar-refractivity contribution is 14.0. The summed E-state index contributed by atoms with van der Waals surface area (Å²) in [5.74, 6) is 1.16. The van der Waals surface area contributed by atoms with E-state index in [0.29, 0.717) is 12.3 Å². The largest absolute Gasteiger partial charge is 0.508 e. The molecule has 2 aromatic rings. The Bertz CT molecular complexity index is 600. The fourth-order valence-corrected chi connectivity index (χ4v) is 2.26. The van der Waals surface area contributed by atoms with E-state index in [0.717, 1.165) is 31.9 Å². The molecule has 2 rings (SSSR count). The minimum absolute atomic E-state index is 0. The zero-order valence-electron chi connectivity index (χ0n) is 14.0. The number of hydrogen-bond acceptors (Lipinski definition) is 2. The second kappa shape index (κ2) is 11.7. The van der Waals surface area contributed by atoms with Crippen LogP contribution in [0.1, 0.15) is 24.5 Å². The normalized spacial score (nSPS) is 10.8. The van der Waals surface area contributed by atoms with Gasteiger partial charge in [-0.3, -0.25) is 0 Å². The predicted molar refractivity (Wildman–Crippen MR) is 111 cm³/mol. The maximum atomic E-state index is 9.28. The summed E-state index contributed by atoms with van der Waals surface area (Å²) < 4.78 is 0. The average molecular weight is 439 g/mol. The van der Waals surface area contributed by atoms with E-state index in [1.54, 1.807) is 12.1 Å². The lowest BCUT2D eigenvalue weighted by Crippen LogP contribution is -2.37. The third-order valence-corrected chi connectivity index (χ3v) is 3.48. The summed E-state index contributed by atoms with van der Waals surface area (Å²) in [4.78, 5) is 4.60. The molecular weight excluding hydrogens is 413 g/mol. The molecule has 3 N–H and O–H groups in total. The topological polar surface area (TPSA) is 56.7 Å². The molecule has 0 aromatic heterocycles. The van der Waals surface area contributed by atoms with Gasteiger partial charge in [-0.15, -0.1) is 24.0 Å². The SMILES string of the molecule is CCNC(=NCc1ccccc1)NCCCc1ccc(O)cc1.I. The molecule has 0 unspecified atom stereocenters. The zero-order valence-corrected chi connectivity index (χ0v) is 16.4. The van der Waals surface area contributed by atoms with Crippen molar-refractivity contribution in [2.24, 2.45) is 4.99 Å². The van der Waals surface area contributed by atoms with E-state index in [4.69, 9.17) is 0 Å². The average Bonchev–Trinajstić information content (AvgIpc) is 2.59. The number of aliphatic imine (C=N–C) groups is 1. The van der Waals surface area contributed by atoms with Crippen LogP contribution in [0.15, 0.2) is 59.6 Å². The first-order valence-corrected chi connectivity index (χ1v) is 8.12. The number of phenols is 1. The van der Waals surface area contributed by atoms with Gasteiger partial charge in [0.05, 0.1) is 6.54 Å². The molecular formula is C19H26IN3O. The molecule has 0 saturated heterocycles. The van der Waals surface area contributed by atoms with Crippen molar-refractivity contribution in [3.05, 3.63) is 65.7 Å². The molecule has 24 heavy (non-hydrogen) atoms. The van der Waals surface area contributed by atoms with E-state index in [1.807, 2.05) is 30.3 Å². The smallest absolute Gasteiger partial charge is 0.191 e. The second-order valence-corrected chi connectivity index (χ2v) is 5.38. The number of phenolic OH excluding ortho intramolecular Hbond substituents is 1. The van der Waals surface area contributed by atoms with Crippen molar-refractivity contribution in [1.82, 2.24) is 10.6 Å². The zero-order chi connectivity index (χ0) is 16.3. The molecule has 0 radical (unpaired) electrons. The maximum absolute atomic E-state index is 9.28. The van der Waals surface area contributed by atoms with Crippen molar-refractivity contribution in [1.29, 1.82) is 0 Å². The second-order valence-electron chi connectivity index (χ2n) is 5.38. The van der Waals surface area contributed by atoms with Gasteiger partial charge in [0.2, 0.25) is 0 Å². The summed E-state index contributed by atoms with van der Waals surface area (Å²) in [5, 5.41) is 15.9. The lowest BCUT2D eigenvalue weighted by molar-refractivity contribution is 0.475. The van der Waals surface area contributed by atoms with Gasteiger partial charge in [-0.1, -0.05) is 42.5 Å². The quantitative estimate of drug-likeness (QED) is 0.267. The molecule has 0 fully saturated rings. The van der Waals surface area contributed by atoms with Gasteiger partial charge >= 0.3 is 0 Å². The number of aromatic hydroxyl groups is 1. The summed E-state index contributed by atoms with van der Waals surface area (Å²) in [6.07, 6.45) is 1.99. The molecule has 4 nitrogen and oxygen atoms in total. The first kappa shape index (κ1) is 20.3. The molecule has 0 heterocycles. The number of aryl methyl sites for hydroxylation is 1. The number of nitrogens with one attached hydrogen (secondary N) is 2. The van der Waals surface area contributed by atoms with Crippen LogP contribution in [0.3, 0.4) is 0 Å². The molecule has 2 aromatic carbocycles. The molecule has 0 aliphatic heterocycles. The van der Waals surface area contributed by atoms with E-state index < -0.39 is 0 Å². The minimum Gasteiger partial charge on any atom is -0.508 e.